The first-order chi connectivity index (χ1) is 15.3. The maximum absolute atomic E-state index is 14.0. The van der Waals surface area contributed by atoms with Crippen LogP contribution >= 0.6 is 11.7 Å². The Kier molecular flexibility index (Phi) is 4.51. The quantitative estimate of drug-likeness (QED) is 0.427. The van der Waals surface area contributed by atoms with Crippen molar-refractivity contribution in [2.45, 2.75) is 6.18 Å². The second kappa shape index (κ2) is 7.27. The van der Waals surface area contributed by atoms with Crippen LogP contribution in [0.4, 0.5) is 18.9 Å². The summed E-state index contributed by atoms with van der Waals surface area (Å²) >= 11 is 0.986. The third-order valence-corrected chi connectivity index (χ3v) is 5.37. The Morgan fingerprint density at radius 1 is 1.06 bits per heavy atom. The van der Waals surface area contributed by atoms with Crippen molar-refractivity contribution in [1.29, 1.82) is 0 Å². The monoisotopic (exact) mass is 456 g/mol. The van der Waals surface area contributed by atoms with Gasteiger partial charge in [-0.15, -0.1) is 0 Å². The highest BCUT2D eigenvalue weighted by Gasteiger charge is 2.41. The van der Waals surface area contributed by atoms with Crippen molar-refractivity contribution in [2.75, 3.05) is 5.32 Å². The van der Waals surface area contributed by atoms with Crippen LogP contribution in [0, 0.1) is 0 Å². The van der Waals surface area contributed by atoms with Gasteiger partial charge in [0.2, 0.25) is 0 Å². The molecule has 0 unspecified atom stereocenters. The first-order valence-electron chi connectivity index (χ1n) is 9.12. The molecule has 0 spiro atoms. The van der Waals surface area contributed by atoms with E-state index in [1.165, 1.54) is 42.6 Å². The molecule has 1 amide bonds. The average molecular weight is 456 g/mol. The number of nitrogens with one attached hydrogen (secondary N) is 2. The van der Waals surface area contributed by atoms with E-state index in [0.717, 1.165) is 17.9 Å². The van der Waals surface area contributed by atoms with Crippen molar-refractivity contribution in [2.24, 2.45) is 0 Å². The summed E-state index contributed by atoms with van der Waals surface area (Å²) in [5.41, 5.74) is -0.934. The molecule has 0 bridgehead atoms. The molecule has 160 valence electrons. The van der Waals surface area contributed by atoms with Gasteiger partial charge in [0.15, 0.2) is 5.69 Å². The van der Waals surface area contributed by atoms with Crippen LogP contribution in [-0.4, -0.2) is 29.4 Å². The summed E-state index contributed by atoms with van der Waals surface area (Å²) in [5, 5.41) is 6.75. The molecule has 0 fully saturated rings. The number of benzene rings is 2. The fraction of sp³-hybridized carbons (Fsp3) is 0.0500. The van der Waals surface area contributed by atoms with Crippen LogP contribution in [0.3, 0.4) is 0 Å². The van der Waals surface area contributed by atoms with E-state index in [0.29, 0.717) is 15.7 Å². The fourth-order valence-corrected chi connectivity index (χ4v) is 3.94. The van der Waals surface area contributed by atoms with Crippen molar-refractivity contribution in [3.05, 3.63) is 76.5 Å². The molecule has 5 aromatic rings. The third kappa shape index (κ3) is 3.30. The molecule has 8 nitrogen and oxygen atoms in total. The van der Waals surface area contributed by atoms with Gasteiger partial charge in [-0.05, 0) is 36.4 Å². The van der Waals surface area contributed by atoms with Crippen molar-refractivity contribution in [3.63, 3.8) is 0 Å². The molecule has 3 heterocycles. The lowest BCUT2D eigenvalue weighted by Crippen LogP contribution is -2.21. The summed E-state index contributed by atoms with van der Waals surface area (Å²) in [4.78, 5) is 27.3. The Labute approximate surface area is 180 Å². The summed E-state index contributed by atoms with van der Waals surface area (Å²) in [6.45, 7) is 0. The first kappa shape index (κ1) is 19.9. The number of carbonyl (C=O) groups excluding carboxylic acids is 1. The van der Waals surface area contributed by atoms with E-state index in [2.05, 4.69) is 24.1 Å². The normalized spacial score (nSPS) is 11.8. The molecule has 0 aliphatic rings. The van der Waals surface area contributed by atoms with Gasteiger partial charge in [-0.25, -0.2) is 4.68 Å². The molecule has 0 saturated heterocycles. The highest BCUT2D eigenvalue weighted by atomic mass is 32.1. The lowest BCUT2D eigenvalue weighted by Gasteiger charge is -2.14. The minimum Gasteiger partial charge on any atom is -0.329 e. The van der Waals surface area contributed by atoms with Crippen molar-refractivity contribution < 1.29 is 18.0 Å². The number of H-pyrrole nitrogens is 1. The van der Waals surface area contributed by atoms with Crippen LogP contribution < -0.4 is 10.9 Å². The zero-order chi connectivity index (χ0) is 22.5. The van der Waals surface area contributed by atoms with E-state index in [1.54, 1.807) is 6.07 Å². The number of fused-ring (bicyclic) bond motifs is 2. The first-order valence-corrected chi connectivity index (χ1v) is 9.85. The van der Waals surface area contributed by atoms with Crippen LogP contribution in [-0.2, 0) is 6.18 Å². The summed E-state index contributed by atoms with van der Waals surface area (Å²) < 4.78 is 50.9. The Balaban J connectivity index is 1.61. The van der Waals surface area contributed by atoms with Crippen molar-refractivity contribution in [3.8, 4) is 5.69 Å². The number of amides is 1. The van der Waals surface area contributed by atoms with E-state index in [-0.39, 0.29) is 22.1 Å². The molecule has 32 heavy (non-hydrogen) atoms. The fourth-order valence-electron chi connectivity index (χ4n) is 3.42. The molecule has 5 rings (SSSR count). The van der Waals surface area contributed by atoms with Gasteiger partial charge in [0.1, 0.15) is 11.0 Å². The highest BCUT2D eigenvalue weighted by Crippen LogP contribution is 2.35. The minimum atomic E-state index is -4.89. The lowest BCUT2D eigenvalue weighted by atomic mass is 10.1. The standard InChI is InChI=1S/C20H11F3N6O2S/c21-20(22,23)17-13(19(31)26-10-4-5-14-15(8-10)28-32-27-14)9-25-29(17)16-3-1-2-12-11(16)6-7-24-18(12)30/h1-9H,(H,24,30)(H,26,31). The van der Waals surface area contributed by atoms with E-state index < -0.39 is 28.9 Å². The number of carbonyl (C=O) groups is 1. The summed E-state index contributed by atoms with van der Waals surface area (Å²) in [5.74, 6) is -0.982. The van der Waals surface area contributed by atoms with E-state index in [1.807, 2.05) is 0 Å². The molecule has 2 N–H and O–H groups in total. The number of nitrogens with zero attached hydrogens (tertiary/aromatic N) is 4. The number of hydrogen-bond acceptors (Lipinski definition) is 6. The number of hydrogen-bond donors (Lipinski definition) is 2. The smallest absolute Gasteiger partial charge is 0.329 e. The van der Waals surface area contributed by atoms with Gasteiger partial charge in [0.25, 0.3) is 11.5 Å². The third-order valence-electron chi connectivity index (χ3n) is 4.81. The molecular weight excluding hydrogens is 445 g/mol. The topological polar surface area (TPSA) is 106 Å². The number of alkyl halides is 3. The maximum atomic E-state index is 14.0. The summed E-state index contributed by atoms with van der Waals surface area (Å²) in [6.07, 6.45) is -2.70. The molecule has 0 saturated carbocycles. The molecule has 2 aromatic carbocycles. The SMILES string of the molecule is O=C(Nc1ccc2nsnc2c1)c1cnn(-c2cccc3c(=O)[nH]ccc23)c1C(F)(F)F. The highest BCUT2D eigenvalue weighted by molar-refractivity contribution is 7.00. The summed E-state index contributed by atoms with van der Waals surface area (Å²) in [6, 6.07) is 10.5. The Morgan fingerprint density at radius 3 is 2.69 bits per heavy atom. The molecular formula is C20H11F3N6O2S. The maximum Gasteiger partial charge on any atom is 0.434 e. The van der Waals surface area contributed by atoms with Crippen LogP contribution in [0.2, 0.25) is 0 Å². The average Bonchev–Trinajstić information content (AvgIpc) is 3.40. The number of pyridine rings is 1. The summed E-state index contributed by atoms with van der Waals surface area (Å²) in [7, 11) is 0. The van der Waals surface area contributed by atoms with Crippen LogP contribution in [0.25, 0.3) is 27.5 Å². The Hall–Kier alpha value is -4.06. The number of anilines is 1. The van der Waals surface area contributed by atoms with E-state index in [9.17, 15) is 22.8 Å². The molecule has 0 radical (unpaired) electrons. The number of halogens is 3. The lowest BCUT2D eigenvalue weighted by molar-refractivity contribution is -0.143. The van der Waals surface area contributed by atoms with Crippen LogP contribution in [0.1, 0.15) is 16.1 Å². The van der Waals surface area contributed by atoms with Gasteiger partial charge in [-0.3, -0.25) is 9.59 Å². The number of aromatic amines is 1. The number of rotatable bonds is 3. The number of aromatic nitrogens is 5. The second-order valence-electron chi connectivity index (χ2n) is 6.78. The Bertz CT molecular complexity index is 1550. The predicted octanol–water partition coefficient (Wildman–Crippen LogP) is 3.99. The Morgan fingerprint density at radius 2 is 1.88 bits per heavy atom. The molecule has 0 atom stereocenters. The second-order valence-corrected chi connectivity index (χ2v) is 7.31. The van der Waals surface area contributed by atoms with Gasteiger partial charge < -0.3 is 10.3 Å². The van der Waals surface area contributed by atoms with Crippen molar-refractivity contribution >= 4 is 45.1 Å². The molecule has 3 aromatic heterocycles. The van der Waals surface area contributed by atoms with Gasteiger partial charge in [0, 0.05) is 22.7 Å². The van der Waals surface area contributed by atoms with Gasteiger partial charge in [-0.2, -0.15) is 27.0 Å². The van der Waals surface area contributed by atoms with Gasteiger partial charge in [-0.1, -0.05) is 6.07 Å². The minimum absolute atomic E-state index is 0.0231. The van der Waals surface area contributed by atoms with Gasteiger partial charge >= 0.3 is 6.18 Å². The largest absolute Gasteiger partial charge is 0.434 e. The van der Waals surface area contributed by atoms with Crippen LogP contribution in [0.5, 0.6) is 0 Å². The van der Waals surface area contributed by atoms with E-state index in [4.69, 9.17) is 0 Å². The zero-order valence-corrected chi connectivity index (χ0v) is 16.7. The molecule has 0 aliphatic carbocycles. The van der Waals surface area contributed by atoms with E-state index >= 15 is 0 Å². The van der Waals surface area contributed by atoms with Crippen LogP contribution in [0.15, 0.2) is 59.7 Å². The van der Waals surface area contributed by atoms with Gasteiger partial charge in [0.05, 0.1) is 29.2 Å². The molecule has 0 aliphatic heterocycles. The van der Waals surface area contributed by atoms with Crippen molar-refractivity contribution in [1.82, 2.24) is 23.5 Å². The zero-order valence-electron chi connectivity index (χ0n) is 15.8. The molecule has 12 heteroatoms. The predicted molar refractivity (Wildman–Crippen MR) is 112 cm³/mol.